The Balaban J connectivity index is 2.17. The minimum absolute atomic E-state index is 0.116. The van der Waals surface area contributed by atoms with Crippen LogP contribution in [0.4, 0.5) is 0 Å². The van der Waals surface area contributed by atoms with E-state index in [1.807, 2.05) is 0 Å². The second kappa shape index (κ2) is 8.94. The Morgan fingerprint density at radius 2 is 2.00 bits per heavy atom. The molecule has 1 amide bonds. The van der Waals surface area contributed by atoms with Gasteiger partial charge in [0.15, 0.2) is 0 Å². The van der Waals surface area contributed by atoms with Crippen LogP contribution >= 0.6 is 15.9 Å². The largest absolute Gasteiger partial charge is 0.379 e. The smallest absolute Gasteiger partial charge is 0.251 e. The van der Waals surface area contributed by atoms with E-state index in [4.69, 9.17) is 4.74 Å². The topological polar surface area (TPSA) is 75.7 Å². The molecular weight excluding hydrogens is 396 g/mol. The van der Waals surface area contributed by atoms with Gasteiger partial charge in [0.25, 0.3) is 5.91 Å². The van der Waals surface area contributed by atoms with Gasteiger partial charge in [-0.2, -0.15) is 4.31 Å². The van der Waals surface area contributed by atoms with E-state index in [0.717, 1.165) is 19.3 Å². The third-order valence-corrected chi connectivity index (χ3v) is 6.74. The summed E-state index contributed by atoms with van der Waals surface area (Å²) in [5, 5.41) is 2.83. The number of sulfonamides is 1. The summed E-state index contributed by atoms with van der Waals surface area (Å²) in [7, 11) is -3.65. The molecule has 134 valence electrons. The van der Waals surface area contributed by atoms with Gasteiger partial charge < -0.3 is 10.1 Å². The number of morpholine rings is 1. The highest BCUT2D eigenvalue weighted by Gasteiger charge is 2.28. The van der Waals surface area contributed by atoms with Gasteiger partial charge in [0.05, 0.1) is 18.1 Å². The van der Waals surface area contributed by atoms with Gasteiger partial charge in [0.1, 0.15) is 0 Å². The van der Waals surface area contributed by atoms with Crippen LogP contribution in [0.25, 0.3) is 0 Å². The van der Waals surface area contributed by atoms with Gasteiger partial charge in [-0.05, 0) is 40.5 Å². The number of hydrogen-bond acceptors (Lipinski definition) is 4. The van der Waals surface area contributed by atoms with Gasteiger partial charge >= 0.3 is 0 Å². The molecule has 6 nitrogen and oxygen atoms in total. The molecule has 24 heavy (non-hydrogen) atoms. The molecule has 0 aliphatic carbocycles. The predicted molar refractivity (Wildman–Crippen MR) is 95.6 cm³/mol. The van der Waals surface area contributed by atoms with Crippen molar-refractivity contribution in [3.8, 4) is 0 Å². The van der Waals surface area contributed by atoms with Crippen LogP contribution in [0.1, 0.15) is 36.5 Å². The minimum Gasteiger partial charge on any atom is -0.379 e. The van der Waals surface area contributed by atoms with Crippen LogP contribution in [-0.2, 0) is 14.8 Å². The molecule has 1 aliphatic heterocycles. The molecule has 1 fully saturated rings. The lowest BCUT2D eigenvalue weighted by atomic mass is 10.2. The molecule has 1 aromatic rings. The molecule has 8 heteroatoms. The Labute approximate surface area is 151 Å². The SMILES string of the molecule is CCCCCNC(=O)c1ccc(Br)c(S(=O)(=O)N2CCOCC2)c1. The Hall–Kier alpha value is -0.960. The van der Waals surface area contributed by atoms with E-state index in [2.05, 4.69) is 28.2 Å². The van der Waals surface area contributed by atoms with Gasteiger partial charge in [-0.25, -0.2) is 8.42 Å². The number of rotatable bonds is 7. The minimum atomic E-state index is -3.65. The maximum atomic E-state index is 12.8. The Morgan fingerprint density at radius 1 is 1.29 bits per heavy atom. The second-order valence-corrected chi connectivity index (χ2v) is 8.39. The fourth-order valence-electron chi connectivity index (χ4n) is 2.45. The zero-order chi connectivity index (χ0) is 17.6. The summed E-state index contributed by atoms with van der Waals surface area (Å²) in [5.74, 6) is -0.253. The van der Waals surface area contributed by atoms with E-state index in [9.17, 15) is 13.2 Å². The monoisotopic (exact) mass is 418 g/mol. The lowest BCUT2D eigenvalue weighted by molar-refractivity contribution is 0.0730. The third-order valence-electron chi connectivity index (χ3n) is 3.85. The number of halogens is 1. The van der Waals surface area contributed by atoms with Crippen LogP contribution in [-0.4, -0.2) is 51.5 Å². The van der Waals surface area contributed by atoms with E-state index >= 15 is 0 Å². The number of nitrogens with zero attached hydrogens (tertiary/aromatic N) is 1. The fraction of sp³-hybridized carbons (Fsp3) is 0.562. The summed E-state index contributed by atoms with van der Waals surface area (Å²) in [5.41, 5.74) is 0.349. The first-order chi connectivity index (χ1) is 11.5. The average Bonchev–Trinajstić information content (AvgIpc) is 2.59. The zero-order valence-corrected chi connectivity index (χ0v) is 16.2. The van der Waals surface area contributed by atoms with Crippen LogP contribution < -0.4 is 5.32 Å². The Bertz CT molecular complexity index is 673. The number of hydrogen-bond donors (Lipinski definition) is 1. The first-order valence-electron chi connectivity index (χ1n) is 8.12. The average molecular weight is 419 g/mol. The predicted octanol–water partition coefficient (Wildman–Crippen LogP) is 2.39. The highest BCUT2D eigenvalue weighted by molar-refractivity contribution is 9.10. The lowest BCUT2D eigenvalue weighted by Crippen LogP contribution is -2.40. The highest BCUT2D eigenvalue weighted by Crippen LogP contribution is 2.27. The molecule has 0 spiro atoms. The molecule has 0 atom stereocenters. The van der Waals surface area contributed by atoms with Crippen molar-refractivity contribution < 1.29 is 17.9 Å². The van der Waals surface area contributed by atoms with Gasteiger partial charge in [-0.15, -0.1) is 0 Å². The van der Waals surface area contributed by atoms with Crippen LogP contribution in [0.3, 0.4) is 0 Å². The highest BCUT2D eigenvalue weighted by atomic mass is 79.9. The van der Waals surface area contributed by atoms with Crippen molar-refractivity contribution in [2.45, 2.75) is 31.1 Å². The number of ether oxygens (including phenoxy) is 1. The first-order valence-corrected chi connectivity index (χ1v) is 10.4. The first kappa shape index (κ1) is 19.4. The van der Waals surface area contributed by atoms with Crippen LogP contribution in [0.15, 0.2) is 27.6 Å². The van der Waals surface area contributed by atoms with Crippen molar-refractivity contribution in [2.24, 2.45) is 0 Å². The lowest BCUT2D eigenvalue weighted by Gasteiger charge is -2.26. The molecule has 0 radical (unpaired) electrons. The van der Waals surface area contributed by atoms with E-state index in [0.29, 0.717) is 42.9 Å². The van der Waals surface area contributed by atoms with Gasteiger partial charge in [0.2, 0.25) is 10.0 Å². The fourth-order valence-corrected chi connectivity index (χ4v) is 4.81. The number of carbonyl (C=O) groups is 1. The molecule has 0 unspecified atom stereocenters. The molecule has 1 saturated heterocycles. The van der Waals surface area contributed by atoms with E-state index in [1.165, 1.54) is 10.4 Å². The van der Waals surface area contributed by atoms with E-state index in [-0.39, 0.29) is 10.8 Å². The summed E-state index contributed by atoms with van der Waals surface area (Å²) in [6.07, 6.45) is 3.05. The molecule has 1 aliphatic rings. The summed E-state index contributed by atoms with van der Waals surface area (Å²) in [4.78, 5) is 12.3. The zero-order valence-electron chi connectivity index (χ0n) is 13.8. The van der Waals surface area contributed by atoms with Gasteiger partial charge in [0, 0.05) is 29.7 Å². The third kappa shape index (κ3) is 4.78. The summed E-state index contributed by atoms with van der Waals surface area (Å²) < 4.78 is 32.6. The van der Waals surface area contributed by atoms with Crippen molar-refractivity contribution >= 4 is 31.9 Å². The maximum Gasteiger partial charge on any atom is 0.251 e. The summed E-state index contributed by atoms with van der Waals surface area (Å²) in [6, 6.07) is 4.66. The molecule has 1 heterocycles. The van der Waals surface area contributed by atoms with Crippen molar-refractivity contribution in [2.75, 3.05) is 32.8 Å². The van der Waals surface area contributed by atoms with E-state index < -0.39 is 10.0 Å². The van der Waals surface area contributed by atoms with Crippen LogP contribution in [0.5, 0.6) is 0 Å². The van der Waals surface area contributed by atoms with E-state index in [1.54, 1.807) is 12.1 Å². The van der Waals surface area contributed by atoms with Crippen LogP contribution in [0.2, 0.25) is 0 Å². The normalized spacial score (nSPS) is 16.1. The molecule has 1 aromatic carbocycles. The number of nitrogens with one attached hydrogen (secondary N) is 1. The number of amides is 1. The summed E-state index contributed by atoms with van der Waals surface area (Å²) >= 11 is 3.29. The van der Waals surface area contributed by atoms with Crippen molar-refractivity contribution in [1.29, 1.82) is 0 Å². The molecule has 2 rings (SSSR count). The quantitative estimate of drug-likeness (QED) is 0.689. The Morgan fingerprint density at radius 3 is 2.67 bits per heavy atom. The molecule has 0 aromatic heterocycles. The van der Waals surface area contributed by atoms with Crippen molar-refractivity contribution in [1.82, 2.24) is 9.62 Å². The van der Waals surface area contributed by atoms with Gasteiger partial charge in [-0.1, -0.05) is 19.8 Å². The van der Waals surface area contributed by atoms with Crippen molar-refractivity contribution in [3.05, 3.63) is 28.2 Å². The summed E-state index contributed by atoms with van der Waals surface area (Å²) in [6.45, 7) is 4.10. The van der Waals surface area contributed by atoms with Crippen LogP contribution in [0, 0.1) is 0 Å². The number of carbonyl (C=O) groups excluding carboxylic acids is 1. The number of unbranched alkanes of at least 4 members (excludes halogenated alkanes) is 2. The van der Waals surface area contributed by atoms with Crippen molar-refractivity contribution in [3.63, 3.8) is 0 Å². The molecular formula is C16H23BrN2O4S. The second-order valence-electron chi connectivity index (χ2n) is 5.62. The molecule has 0 bridgehead atoms. The maximum absolute atomic E-state index is 12.8. The molecule has 0 saturated carbocycles. The Kier molecular flexibility index (Phi) is 7.21. The number of benzene rings is 1. The standard InChI is InChI=1S/C16H23BrN2O4S/c1-2-3-4-7-18-16(20)13-5-6-14(17)15(12-13)24(21,22)19-8-10-23-11-9-19/h5-6,12H,2-4,7-11H2,1H3,(H,18,20). The molecule has 1 N–H and O–H groups in total. The van der Waals surface area contributed by atoms with Gasteiger partial charge in [-0.3, -0.25) is 4.79 Å².